The lowest BCUT2D eigenvalue weighted by Gasteiger charge is -2.35. The third-order valence-corrected chi connectivity index (χ3v) is 11.6. The lowest BCUT2D eigenvalue weighted by atomic mass is 9.94. The molecule has 1 atom stereocenters. The number of halogens is 3. The highest BCUT2D eigenvalue weighted by atomic mass is 35.5. The van der Waals surface area contributed by atoms with E-state index >= 15 is 0 Å². The van der Waals surface area contributed by atoms with Crippen LogP contribution >= 0.6 is 34.8 Å². The van der Waals surface area contributed by atoms with E-state index in [9.17, 15) is 18.0 Å². The quantitative estimate of drug-likeness (QED) is 0.159. The molecule has 1 N–H and O–H groups in total. The van der Waals surface area contributed by atoms with Gasteiger partial charge in [0.1, 0.15) is 12.6 Å². The van der Waals surface area contributed by atoms with Gasteiger partial charge < -0.3 is 10.2 Å². The van der Waals surface area contributed by atoms with Crippen molar-refractivity contribution in [3.63, 3.8) is 0 Å². The number of sulfonamides is 1. The number of nitrogens with zero attached hydrogens (tertiary/aromatic N) is 2. The predicted octanol–water partition coefficient (Wildman–Crippen LogP) is 8.24. The molecule has 1 fully saturated rings. The Hall–Kier alpha value is -3.56. The van der Waals surface area contributed by atoms with Gasteiger partial charge in [-0.2, -0.15) is 0 Å². The van der Waals surface area contributed by atoms with Gasteiger partial charge >= 0.3 is 0 Å². The van der Waals surface area contributed by atoms with Crippen molar-refractivity contribution in [1.29, 1.82) is 0 Å². The average molecular weight is 727 g/mol. The molecule has 0 spiro atoms. The Labute approximate surface area is 297 Å². The summed E-state index contributed by atoms with van der Waals surface area (Å²) >= 11 is 19.7. The van der Waals surface area contributed by atoms with E-state index in [1.807, 2.05) is 30.3 Å². The van der Waals surface area contributed by atoms with Crippen molar-refractivity contribution in [3.05, 3.63) is 129 Å². The van der Waals surface area contributed by atoms with Crippen LogP contribution in [0.5, 0.6) is 0 Å². The highest BCUT2D eigenvalue weighted by molar-refractivity contribution is 7.92. The van der Waals surface area contributed by atoms with Crippen LogP contribution in [0.3, 0.4) is 0 Å². The highest BCUT2D eigenvalue weighted by Gasteiger charge is 2.36. The van der Waals surface area contributed by atoms with Crippen molar-refractivity contribution in [2.75, 3.05) is 10.8 Å². The molecule has 1 aliphatic carbocycles. The van der Waals surface area contributed by atoms with Crippen LogP contribution in [0.15, 0.2) is 102 Å². The molecule has 0 aromatic heterocycles. The minimum absolute atomic E-state index is 0.00810. The first-order valence-electron chi connectivity index (χ1n) is 16.0. The number of nitrogens with one attached hydrogen (secondary N) is 1. The van der Waals surface area contributed by atoms with E-state index in [1.54, 1.807) is 61.5 Å². The molecule has 0 heterocycles. The fraction of sp³-hybridized carbons (Fsp3) is 0.297. The number of hydrogen-bond donors (Lipinski definition) is 1. The second-order valence-electron chi connectivity index (χ2n) is 12.0. The van der Waals surface area contributed by atoms with E-state index in [0.717, 1.165) is 42.0 Å². The largest absolute Gasteiger partial charge is 0.352 e. The van der Waals surface area contributed by atoms with Crippen LogP contribution in [0.4, 0.5) is 5.69 Å². The maximum atomic E-state index is 14.8. The van der Waals surface area contributed by atoms with Gasteiger partial charge in [0.2, 0.25) is 11.8 Å². The zero-order valence-electron chi connectivity index (χ0n) is 26.6. The zero-order chi connectivity index (χ0) is 34.3. The molecule has 252 valence electrons. The van der Waals surface area contributed by atoms with Gasteiger partial charge in [-0.25, -0.2) is 8.42 Å². The van der Waals surface area contributed by atoms with Crippen LogP contribution in [-0.4, -0.2) is 43.8 Å². The molecule has 4 aromatic carbocycles. The predicted molar refractivity (Wildman–Crippen MR) is 193 cm³/mol. The first kappa shape index (κ1) is 35.7. The normalized spacial score (nSPS) is 14.2. The molecule has 0 radical (unpaired) electrons. The van der Waals surface area contributed by atoms with Crippen molar-refractivity contribution >= 4 is 62.3 Å². The van der Waals surface area contributed by atoms with E-state index < -0.39 is 28.5 Å². The van der Waals surface area contributed by atoms with Crippen LogP contribution in [0.2, 0.25) is 15.1 Å². The summed E-state index contributed by atoms with van der Waals surface area (Å²) in [7, 11) is -4.26. The smallest absolute Gasteiger partial charge is 0.264 e. The number of carbonyl (C=O) groups is 2. The Bertz CT molecular complexity index is 1820. The first-order valence-corrected chi connectivity index (χ1v) is 18.5. The van der Waals surface area contributed by atoms with Crippen LogP contribution in [0.25, 0.3) is 0 Å². The molecule has 0 aliphatic heterocycles. The standard InChI is InChI=1S/C37H38Cl3N3O4S/c1-26-31(38)19-12-22-34(26)43(48(46,47)29-17-9-4-10-18-29)25-36(44)42(24-30-32(39)20-11-21-33(30)40)35(23-27-13-5-2-6-14-27)37(45)41-28-15-7-3-8-16-28/h2,4-6,9-14,17-22,28,35H,3,7-8,15-16,23-25H2,1H3,(H,41,45)/t35-/m1/s1. The van der Waals surface area contributed by atoms with Gasteiger partial charge in [0.25, 0.3) is 10.0 Å². The maximum Gasteiger partial charge on any atom is 0.264 e. The molecule has 7 nitrogen and oxygen atoms in total. The van der Waals surface area contributed by atoms with Crippen molar-refractivity contribution in [2.24, 2.45) is 0 Å². The van der Waals surface area contributed by atoms with Gasteiger partial charge in [0.15, 0.2) is 0 Å². The second-order valence-corrected chi connectivity index (χ2v) is 15.1. The van der Waals surface area contributed by atoms with Gasteiger partial charge in [-0.3, -0.25) is 13.9 Å². The van der Waals surface area contributed by atoms with Crippen LogP contribution in [0, 0.1) is 6.92 Å². The molecule has 2 amide bonds. The van der Waals surface area contributed by atoms with E-state index in [4.69, 9.17) is 34.8 Å². The Morgan fingerprint density at radius 3 is 2.02 bits per heavy atom. The fourth-order valence-corrected chi connectivity index (χ4v) is 8.23. The summed E-state index contributed by atoms with van der Waals surface area (Å²) in [6, 6.07) is 26.3. The zero-order valence-corrected chi connectivity index (χ0v) is 29.7. The molecule has 5 rings (SSSR count). The van der Waals surface area contributed by atoms with Gasteiger partial charge in [0.05, 0.1) is 10.6 Å². The van der Waals surface area contributed by atoms with Crippen LogP contribution in [0.1, 0.15) is 48.8 Å². The number of amides is 2. The number of carbonyl (C=O) groups excluding carboxylic acids is 2. The lowest BCUT2D eigenvalue weighted by Crippen LogP contribution is -2.55. The Morgan fingerprint density at radius 1 is 0.792 bits per heavy atom. The summed E-state index contributed by atoms with van der Waals surface area (Å²) in [6.07, 6.45) is 5.03. The fourth-order valence-electron chi connectivity index (χ4n) is 6.05. The molecule has 4 aromatic rings. The monoisotopic (exact) mass is 725 g/mol. The molecule has 0 unspecified atom stereocenters. The summed E-state index contributed by atoms with van der Waals surface area (Å²) < 4.78 is 29.6. The van der Waals surface area contributed by atoms with E-state index in [2.05, 4.69) is 5.32 Å². The number of rotatable bonds is 12. The van der Waals surface area contributed by atoms with Crippen LogP contribution < -0.4 is 9.62 Å². The summed E-state index contributed by atoms with van der Waals surface area (Å²) in [5, 5.41) is 4.20. The van der Waals surface area contributed by atoms with Crippen LogP contribution in [-0.2, 0) is 32.6 Å². The molecule has 48 heavy (non-hydrogen) atoms. The highest BCUT2D eigenvalue weighted by Crippen LogP contribution is 2.32. The second kappa shape index (κ2) is 16.2. The minimum Gasteiger partial charge on any atom is -0.352 e. The molecule has 1 aliphatic rings. The Kier molecular flexibility index (Phi) is 12.1. The molecular formula is C37H38Cl3N3O4S. The van der Waals surface area contributed by atoms with Gasteiger partial charge in [-0.05, 0) is 67.3 Å². The van der Waals surface area contributed by atoms with Crippen molar-refractivity contribution in [3.8, 4) is 0 Å². The van der Waals surface area contributed by atoms with E-state index in [1.165, 1.54) is 17.0 Å². The summed E-state index contributed by atoms with van der Waals surface area (Å²) in [5.41, 5.74) is 2.03. The molecular weight excluding hydrogens is 689 g/mol. The maximum absolute atomic E-state index is 14.8. The van der Waals surface area contributed by atoms with E-state index in [-0.39, 0.29) is 35.5 Å². The lowest BCUT2D eigenvalue weighted by molar-refractivity contribution is -0.140. The minimum atomic E-state index is -4.26. The average Bonchev–Trinajstić information content (AvgIpc) is 3.09. The summed E-state index contributed by atoms with van der Waals surface area (Å²) in [5.74, 6) is -0.928. The molecule has 0 bridgehead atoms. The number of hydrogen-bond acceptors (Lipinski definition) is 4. The molecule has 11 heteroatoms. The van der Waals surface area contributed by atoms with Crippen molar-refractivity contribution in [1.82, 2.24) is 10.2 Å². The van der Waals surface area contributed by atoms with Gasteiger partial charge in [-0.1, -0.05) is 115 Å². The number of anilines is 1. The van der Waals surface area contributed by atoms with E-state index in [0.29, 0.717) is 26.2 Å². The Morgan fingerprint density at radius 2 is 1.38 bits per heavy atom. The third-order valence-electron chi connectivity index (χ3n) is 8.73. The SMILES string of the molecule is Cc1c(Cl)cccc1N(CC(=O)N(Cc1c(Cl)cccc1Cl)[C@H](Cc1ccccc1)C(=O)NC1CCCCC1)S(=O)(=O)c1ccccc1. The summed E-state index contributed by atoms with van der Waals surface area (Å²) in [4.78, 5) is 30.5. The third kappa shape index (κ3) is 8.53. The van der Waals surface area contributed by atoms with Gasteiger partial charge in [-0.15, -0.1) is 0 Å². The van der Waals surface area contributed by atoms with Crippen molar-refractivity contribution < 1.29 is 18.0 Å². The molecule has 1 saturated carbocycles. The number of benzene rings is 4. The van der Waals surface area contributed by atoms with Gasteiger partial charge in [0, 0.05) is 39.6 Å². The summed E-state index contributed by atoms with van der Waals surface area (Å²) in [6.45, 7) is 0.968. The topological polar surface area (TPSA) is 86.8 Å². The Balaban J connectivity index is 1.61. The van der Waals surface area contributed by atoms with Crippen molar-refractivity contribution in [2.45, 2.75) is 69.0 Å². The molecule has 0 saturated heterocycles. The first-order chi connectivity index (χ1) is 23.1.